The summed E-state index contributed by atoms with van der Waals surface area (Å²) in [6.45, 7) is 5.95. The van der Waals surface area contributed by atoms with E-state index in [2.05, 4.69) is 5.32 Å². The maximum absolute atomic E-state index is 13.1. The summed E-state index contributed by atoms with van der Waals surface area (Å²) in [4.78, 5) is 40.0. The van der Waals surface area contributed by atoms with Crippen LogP contribution in [0.3, 0.4) is 0 Å². The zero-order valence-corrected chi connectivity index (χ0v) is 17.2. The Hall–Kier alpha value is -3.42. The molecule has 3 rings (SSSR count). The fourth-order valence-corrected chi connectivity index (χ4v) is 3.51. The molecule has 8 nitrogen and oxygen atoms in total. The van der Waals surface area contributed by atoms with Gasteiger partial charge >= 0.3 is 0 Å². The first-order valence-electron chi connectivity index (χ1n) is 10.0. The highest BCUT2D eigenvalue weighted by Crippen LogP contribution is 2.22. The highest BCUT2D eigenvalue weighted by molar-refractivity contribution is 5.97. The van der Waals surface area contributed by atoms with Crippen molar-refractivity contribution < 1.29 is 14.5 Å². The lowest BCUT2D eigenvalue weighted by atomic mass is 10.0. The molecule has 0 bridgehead atoms. The number of anilines is 1. The number of piperazine rings is 1. The lowest BCUT2D eigenvalue weighted by Crippen LogP contribution is -2.56. The molecule has 0 saturated carbocycles. The van der Waals surface area contributed by atoms with Crippen LogP contribution in [0, 0.1) is 16.0 Å². The molecule has 2 aromatic carbocycles. The summed E-state index contributed by atoms with van der Waals surface area (Å²) in [5, 5.41) is 13.9. The SMILES string of the molecule is CC(C)C(NC(=O)c1ccccc1)C(=O)N1CCN(c2cccc([N+](=O)[O-])c2)CC1. The number of rotatable bonds is 6. The summed E-state index contributed by atoms with van der Waals surface area (Å²) in [5.41, 5.74) is 1.34. The number of nitro benzene ring substituents is 1. The number of nitro groups is 1. The Morgan fingerprint density at radius 1 is 1.00 bits per heavy atom. The van der Waals surface area contributed by atoms with Crippen LogP contribution in [-0.4, -0.2) is 53.9 Å². The predicted molar refractivity (Wildman–Crippen MR) is 114 cm³/mol. The molecule has 0 spiro atoms. The highest BCUT2D eigenvalue weighted by atomic mass is 16.6. The maximum atomic E-state index is 13.1. The number of non-ortho nitro benzene ring substituents is 1. The molecule has 2 aromatic rings. The fraction of sp³-hybridized carbons (Fsp3) is 0.364. The molecule has 1 saturated heterocycles. The van der Waals surface area contributed by atoms with Crippen molar-refractivity contribution in [3.63, 3.8) is 0 Å². The van der Waals surface area contributed by atoms with Gasteiger partial charge in [0.05, 0.1) is 4.92 Å². The van der Waals surface area contributed by atoms with E-state index in [-0.39, 0.29) is 23.4 Å². The molecule has 1 atom stereocenters. The number of amides is 2. The minimum absolute atomic E-state index is 0.0505. The van der Waals surface area contributed by atoms with Gasteiger partial charge in [-0.05, 0) is 24.1 Å². The van der Waals surface area contributed by atoms with Crippen LogP contribution in [0.5, 0.6) is 0 Å². The molecule has 8 heteroatoms. The molecule has 0 radical (unpaired) electrons. The Labute approximate surface area is 175 Å². The van der Waals surface area contributed by atoms with Crippen LogP contribution in [0.2, 0.25) is 0 Å². The lowest BCUT2D eigenvalue weighted by molar-refractivity contribution is -0.384. The molecular weight excluding hydrogens is 384 g/mol. The van der Waals surface area contributed by atoms with E-state index in [1.54, 1.807) is 41.3 Å². The van der Waals surface area contributed by atoms with E-state index in [1.165, 1.54) is 6.07 Å². The van der Waals surface area contributed by atoms with E-state index in [4.69, 9.17) is 0 Å². The average Bonchev–Trinajstić information content (AvgIpc) is 2.77. The molecule has 1 N–H and O–H groups in total. The van der Waals surface area contributed by atoms with Gasteiger partial charge in [0.1, 0.15) is 6.04 Å². The van der Waals surface area contributed by atoms with Crippen LogP contribution in [0.4, 0.5) is 11.4 Å². The summed E-state index contributed by atoms with van der Waals surface area (Å²) in [5.74, 6) is -0.425. The molecule has 2 amide bonds. The molecule has 0 aliphatic carbocycles. The molecule has 0 aromatic heterocycles. The first-order chi connectivity index (χ1) is 14.4. The predicted octanol–water partition coefficient (Wildman–Crippen LogP) is 2.70. The quantitative estimate of drug-likeness (QED) is 0.584. The summed E-state index contributed by atoms with van der Waals surface area (Å²) in [7, 11) is 0. The van der Waals surface area contributed by atoms with Gasteiger partial charge in [0.15, 0.2) is 0 Å². The minimum Gasteiger partial charge on any atom is -0.368 e. The van der Waals surface area contributed by atoms with Gasteiger partial charge in [-0.3, -0.25) is 19.7 Å². The minimum atomic E-state index is -0.609. The molecular formula is C22H26N4O4. The standard InChI is InChI=1S/C22H26N4O4/c1-16(2)20(23-21(27)17-7-4-3-5-8-17)22(28)25-13-11-24(12-14-25)18-9-6-10-19(15-18)26(29)30/h3-10,15-16,20H,11-14H2,1-2H3,(H,23,27). The second kappa shape index (κ2) is 9.39. The van der Waals surface area contributed by atoms with Gasteiger partial charge in [0.2, 0.25) is 5.91 Å². The number of carbonyl (C=O) groups is 2. The van der Waals surface area contributed by atoms with Gasteiger partial charge in [-0.15, -0.1) is 0 Å². The Bertz CT molecular complexity index is 908. The number of carbonyl (C=O) groups excluding carboxylic acids is 2. The van der Waals surface area contributed by atoms with Crippen LogP contribution in [0.25, 0.3) is 0 Å². The van der Waals surface area contributed by atoms with Gasteiger partial charge in [0.25, 0.3) is 11.6 Å². The Morgan fingerprint density at radius 3 is 2.27 bits per heavy atom. The van der Waals surface area contributed by atoms with E-state index < -0.39 is 11.0 Å². The molecule has 158 valence electrons. The average molecular weight is 410 g/mol. The van der Waals surface area contributed by atoms with Crippen molar-refractivity contribution in [2.75, 3.05) is 31.1 Å². The van der Waals surface area contributed by atoms with Crippen molar-refractivity contribution in [1.82, 2.24) is 10.2 Å². The number of nitrogens with zero attached hydrogens (tertiary/aromatic N) is 3. The van der Waals surface area contributed by atoms with E-state index in [1.807, 2.05) is 30.9 Å². The molecule has 1 aliphatic rings. The summed E-state index contributed by atoms with van der Waals surface area (Å²) < 4.78 is 0. The van der Waals surface area contributed by atoms with Gasteiger partial charge < -0.3 is 15.1 Å². The summed E-state index contributed by atoms with van der Waals surface area (Å²) in [6.07, 6.45) is 0. The second-order valence-electron chi connectivity index (χ2n) is 7.65. The van der Waals surface area contributed by atoms with Crippen LogP contribution >= 0.6 is 0 Å². The van der Waals surface area contributed by atoms with Gasteiger partial charge in [-0.25, -0.2) is 0 Å². The van der Waals surface area contributed by atoms with E-state index in [9.17, 15) is 19.7 Å². The van der Waals surface area contributed by atoms with Crippen molar-refractivity contribution in [3.05, 3.63) is 70.3 Å². The van der Waals surface area contributed by atoms with E-state index >= 15 is 0 Å². The third-order valence-corrected chi connectivity index (χ3v) is 5.25. The lowest BCUT2D eigenvalue weighted by Gasteiger charge is -2.38. The third kappa shape index (κ3) is 4.94. The topological polar surface area (TPSA) is 95.8 Å². The fourth-order valence-electron chi connectivity index (χ4n) is 3.51. The number of nitrogens with one attached hydrogen (secondary N) is 1. The zero-order chi connectivity index (χ0) is 21.7. The van der Waals surface area contributed by atoms with Crippen LogP contribution < -0.4 is 10.2 Å². The van der Waals surface area contributed by atoms with Gasteiger partial charge in [-0.1, -0.05) is 38.1 Å². The van der Waals surface area contributed by atoms with Crippen LogP contribution in [0.1, 0.15) is 24.2 Å². The molecule has 1 fully saturated rings. The summed E-state index contributed by atoms with van der Waals surface area (Å²) in [6, 6.07) is 14.7. The zero-order valence-electron chi connectivity index (χ0n) is 17.2. The van der Waals surface area contributed by atoms with Crippen molar-refractivity contribution in [2.24, 2.45) is 5.92 Å². The van der Waals surface area contributed by atoms with Crippen molar-refractivity contribution in [3.8, 4) is 0 Å². The Balaban J connectivity index is 1.63. The Kier molecular flexibility index (Phi) is 6.66. The smallest absolute Gasteiger partial charge is 0.271 e. The second-order valence-corrected chi connectivity index (χ2v) is 7.65. The third-order valence-electron chi connectivity index (χ3n) is 5.25. The number of hydrogen-bond donors (Lipinski definition) is 1. The monoisotopic (exact) mass is 410 g/mol. The molecule has 1 aliphatic heterocycles. The van der Waals surface area contributed by atoms with E-state index in [0.29, 0.717) is 31.7 Å². The molecule has 1 heterocycles. The van der Waals surface area contributed by atoms with Crippen molar-refractivity contribution in [1.29, 1.82) is 0 Å². The summed E-state index contributed by atoms with van der Waals surface area (Å²) >= 11 is 0. The highest BCUT2D eigenvalue weighted by Gasteiger charge is 2.31. The largest absolute Gasteiger partial charge is 0.368 e. The van der Waals surface area contributed by atoms with Crippen LogP contribution in [-0.2, 0) is 4.79 Å². The number of benzene rings is 2. The Morgan fingerprint density at radius 2 is 1.67 bits per heavy atom. The van der Waals surface area contributed by atoms with Crippen LogP contribution in [0.15, 0.2) is 54.6 Å². The van der Waals surface area contributed by atoms with Gasteiger partial charge in [-0.2, -0.15) is 0 Å². The van der Waals surface area contributed by atoms with Crippen molar-refractivity contribution in [2.45, 2.75) is 19.9 Å². The number of hydrogen-bond acceptors (Lipinski definition) is 5. The van der Waals surface area contributed by atoms with Gasteiger partial charge in [0, 0.05) is 49.6 Å². The molecule has 30 heavy (non-hydrogen) atoms. The normalized spacial score (nSPS) is 15.0. The van der Waals surface area contributed by atoms with E-state index in [0.717, 1.165) is 5.69 Å². The molecule has 1 unspecified atom stereocenters. The first-order valence-corrected chi connectivity index (χ1v) is 10.0. The van der Waals surface area contributed by atoms with Crippen molar-refractivity contribution >= 4 is 23.2 Å². The maximum Gasteiger partial charge on any atom is 0.271 e. The first kappa shape index (κ1) is 21.3.